The van der Waals surface area contributed by atoms with Crippen LogP contribution in [0.15, 0.2) is 35.5 Å². The molecule has 6 nitrogen and oxygen atoms in total. The number of nitrogens with zero attached hydrogens (tertiary/aromatic N) is 2. The molecule has 20 heavy (non-hydrogen) atoms. The third-order valence-corrected chi connectivity index (χ3v) is 4.12. The lowest BCUT2D eigenvalue weighted by molar-refractivity contribution is 0.112. The van der Waals surface area contributed by atoms with Crippen molar-refractivity contribution >= 4 is 22.0 Å². The first-order valence-electron chi connectivity index (χ1n) is 6.08. The van der Waals surface area contributed by atoms with Crippen LogP contribution in [0.2, 0.25) is 0 Å². The van der Waals surface area contributed by atoms with Gasteiger partial charge in [-0.1, -0.05) is 0 Å². The lowest BCUT2D eigenvalue weighted by Gasteiger charge is -2.05. The molecule has 2 rings (SSSR count). The Balaban J connectivity index is 2.27. The van der Waals surface area contributed by atoms with Crippen LogP contribution >= 0.6 is 0 Å². The molecule has 106 valence electrons. The number of rotatable bonds is 5. The molecule has 0 atom stereocenters. The zero-order valence-corrected chi connectivity index (χ0v) is 12.0. The number of aromatic nitrogens is 2. The fraction of sp³-hybridized carbons (Fsp3) is 0.231. The van der Waals surface area contributed by atoms with E-state index in [1.54, 1.807) is 23.6 Å². The fourth-order valence-corrected chi connectivity index (χ4v) is 2.84. The van der Waals surface area contributed by atoms with Crippen LogP contribution < -0.4 is 4.72 Å². The van der Waals surface area contributed by atoms with Crippen LogP contribution in [0.1, 0.15) is 23.1 Å². The molecule has 1 N–H and O–H groups in total. The molecule has 0 saturated heterocycles. The molecule has 0 fully saturated rings. The average Bonchev–Trinajstić information content (AvgIpc) is 2.81. The van der Waals surface area contributed by atoms with Crippen molar-refractivity contribution in [3.05, 3.63) is 41.9 Å². The zero-order chi connectivity index (χ0) is 14.8. The third kappa shape index (κ3) is 2.88. The molecule has 0 radical (unpaired) electrons. The number of hydrogen-bond donors (Lipinski definition) is 1. The molecule has 0 amide bonds. The Morgan fingerprint density at radius 1 is 1.30 bits per heavy atom. The van der Waals surface area contributed by atoms with Crippen LogP contribution in [0, 0.1) is 6.92 Å². The van der Waals surface area contributed by atoms with E-state index in [4.69, 9.17) is 0 Å². The van der Waals surface area contributed by atoms with E-state index in [1.165, 1.54) is 18.3 Å². The van der Waals surface area contributed by atoms with E-state index >= 15 is 0 Å². The van der Waals surface area contributed by atoms with Gasteiger partial charge in [-0.05, 0) is 38.1 Å². The van der Waals surface area contributed by atoms with Crippen LogP contribution in [-0.4, -0.2) is 24.3 Å². The first-order valence-corrected chi connectivity index (χ1v) is 7.56. The van der Waals surface area contributed by atoms with Gasteiger partial charge in [0.1, 0.15) is 12.1 Å². The first-order chi connectivity index (χ1) is 9.46. The van der Waals surface area contributed by atoms with Crippen LogP contribution in [0.25, 0.3) is 0 Å². The fourth-order valence-electron chi connectivity index (χ4n) is 1.77. The van der Waals surface area contributed by atoms with Gasteiger partial charge in [0.25, 0.3) is 10.0 Å². The van der Waals surface area contributed by atoms with Crippen molar-refractivity contribution in [2.75, 3.05) is 4.72 Å². The Labute approximate surface area is 117 Å². The van der Waals surface area contributed by atoms with Crippen molar-refractivity contribution in [1.82, 2.24) is 9.55 Å². The molecule has 1 aromatic heterocycles. The predicted molar refractivity (Wildman–Crippen MR) is 75.3 cm³/mol. The number of aldehydes is 1. The second kappa shape index (κ2) is 5.46. The number of carbonyl (C=O) groups excluding carboxylic acids is 1. The van der Waals surface area contributed by atoms with Crippen molar-refractivity contribution in [2.45, 2.75) is 25.4 Å². The summed E-state index contributed by atoms with van der Waals surface area (Å²) in [6.45, 7) is 4.32. The lowest BCUT2D eigenvalue weighted by atomic mass is 10.2. The largest absolute Gasteiger partial charge is 0.334 e. The molecule has 7 heteroatoms. The number of nitrogens with one attached hydrogen (secondary N) is 1. The molecule has 1 aromatic carbocycles. The van der Waals surface area contributed by atoms with Crippen molar-refractivity contribution < 1.29 is 13.2 Å². The summed E-state index contributed by atoms with van der Waals surface area (Å²) in [7, 11) is -3.71. The summed E-state index contributed by atoms with van der Waals surface area (Å²) in [5.41, 5.74) is 0.873. The van der Waals surface area contributed by atoms with Gasteiger partial charge in [-0.3, -0.25) is 9.52 Å². The SMILES string of the molecule is CCn1cc(S(=O)(=O)Nc2ccc(C=O)cc2)nc1C. The maximum absolute atomic E-state index is 12.2. The molecule has 0 aliphatic carbocycles. The highest BCUT2D eigenvalue weighted by Crippen LogP contribution is 2.16. The van der Waals surface area contributed by atoms with Gasteiger partial charge in [0.15, 0.2) is 5.03 Å². The molecule has 1 heterocycles. The molecule has 0 unspecified atom stereocenters. The van der Waals surface area contributed by atoms with E-state index in [9.17, 15) is 13.2 Å². The minimum atomic E-state index is -3.71. The molecule has 0 aliphatic rings. The van der Waals surface area contributed by atoms with Gasteiger partial charge in [0, 0.05) is 24.0 Å². The van der Waals surface area contributed by atoms with Crippen molar-refractivity contribution in [3.8, 4) is 0 Å². The maximum Gasteiger partial charge on any atom is 0.280 e. The van der Waals surface area contributed by atoms with E-state index in [2.05, 4.69) is 9.71 Å². The van der Waals surface area contributed by atoms with Gasteiger partial charge < -0.3 is 4.57 Å². The lowest BCUT2D eigenvalue weighted by Crippen LogP contribution is -2.13. The Bertz CT molecular complexity index is 718. The first kappa shape index (κ1) is 14.3. The van der Waals surface area contributed by atoms with E-state index in [1.807, 2.05) is 6.92 Å². The van der Waals surface area contributed by atoms with Gasteiger partial charge in [-0.2, -0.15) is 8.42 Å². The Hall–Kier alpha value is -2.15. The standard InChI is InChI=1S/C13H15N3O3S/c1-3-16-8-13(14-10(16)2)20(18,19)15-12-6-4-11(9-17)5-7-12/h4-9,15H,3H2,1-2H3. The van der Waals surface area contributed by atoms with Gasteiger partial charge in [0.05, 0.1) is 0 Å². The van der Waals surface area contributed by atoms with Crippen LogP contribution in [0.4, 0.5) is 5.69 Å². The summed E-state index contributed by atoms with van der Waals surface area (Å²) >= 11 is 0. The number of anilines is 1. The normalized spacial score (nSPS) is 11.3. The van der Waals surface area contributed by atoms with Gasteiger partial charge in [0.2, 0.25) is 0 Å². The Morgan fingerprint density at radius 2 is 1.95 bits per heavy atom. The maximum atomic E-state index is 12.2. The zero-order valence-electron chi connectivity index (χ0n) is 11.2. The average molecular weight is 293 g/mol. The summed E-state index contributed by atoms with van der Waals surface area (Å²) in [5, 5.41) is -0.0173. The van der Waals surface area contributed by atoms with E-state index in [0.29, 0.717) is 29.9 Å². The molecule has 0 saturated carbocycles. The molecule has 0 bridgehead atoms. The van der Waals surface area contributed by atoms with E-state index in [0.717, 1.165) is 0 Å². The number of benzene rings is 1. The molecular weight excluding hydrogens is 278 g/mol. The number of imidazole rings is 1. The number of aryl methyl sites for hydroxylation is 2. The smallest absolute Gasteiger partial charge is 0.280 e. The Kier molecular flexibility index (Phi) is 3.89. The van der Waals surface area contributed by atoms with Crippen LogP contribution in [0.3, 0.4) is 0 Å². The molecule has 0 aliphatic heterocycles. The van der Waals surface area contributed by atoms with E-state index < -0.39 is 10.0 Å². The number of hydrogen-bond acceptors (Lipinski definition) is 4. The van der Waals surface area contributed by atoms with Crippen molar-refractivity contribution in [1.29, 1.82) is 0 Å². The molecule has 0 spiro atoms. The summed E-state index contributed by atoms with van der Waals surface area (Å²) < 4.78 is 28.5. The van der Waals surface area contributed by atoms with Crippen LogP contribution in [-0.2, 0) is 16.6 Å². The third-order valence-electron chi connectivity index (χ3n) is 2.87. The number of carbonyl (C=O) groups is 1. The highest BCUT2D eigenvalue weighted by Gasteiger charge is 2.18. The highest BCUT2D eigenvalue weighted by atomic mass is 32.2. The van der Waals surface area contributed by atoms with Crippen LogP contribution in [0.5, 0.6) is 0 Å². The van der Waals surface area contributed by atoms with Gasteiger partial charge in [-0.25, -0.2) is 4.98 Å². The topological polar surface area (TPSA) is 81.1 Å². The van der Waals surface area contributed by atoms with E-state index in [-0.39, 0.29) is 5.03 Å². The summed E-state index contributed by atoms with van der Waals surface area (Å²) in [4.78, 5) is 14.6. The summed E-state index contributed by atoms with van der Waals surface area (Å²) in [6, 6.07) is 6.15. The molecular formula is C13H15N3O3S. The predicted octanol–water partition coefficient (Wildman–Crippen LogP) is 1.82. The minimum Gasteiger partial charge on any atom is -0.334 e. The van der Waals surface area contributed by atoms with Gasteiger partial charge >= 0.3 is 0 Å². The second-order valence-electron chi connectivity index (χ2n) is 4.26. The molecule has 2 aromatic rings. The van der Waals surface area contributed by atoms with Crippen molar-refractivity contribution in [2.24, 2.45) is 0 Å². The van der Waals surface area contributed by atoms with Gasteiger partial charge in [-0.15, -0.1) is 0 Å². The minimum absolute atomic E-state index is 0.0173. The monoisotopic (exact) mass is 293 g/mol. The van der Waals surface area contributed by atoms with Crippen molar-refractivity contribution in [3.63, 3.8) is 0 Å². The highest BCUT2D eigenvalue weighted by molar-refractivity contribution is 7.92. The number of sulfonamides is 1. The summed E-state index contributed by atoms with van der Waals surface area (Å²) in [6.07, 6.45) is 2.20. The summed E-state index contributed by atoms with van der Waals surface area (Å²) in [5.74, 6) is 0.643. The quantitative estimate of drug-likeness (QED) is 0.853. The Morgan fingerprint density at radius 3 is 2.45 bits per heavy atom. The second-order valence-corrected chi connectivity index (χ2v) is 5.89.